The first-order valence-corrected chi connectivity index (χ1v) is 5.39. The summed E-state index contributed by atoms with van der Waals surface area (Å²) < 4.78 is 13.4. The molecule has 0 amide bonds. The zero-order chi connectivity index (χ0) is 11.5. The summed E-state index contributed by atoms with van der Waals surface area (Å²) in [5.41, 5.74) is 0.565. The predicted octanol–water partition coefficient (Wildman–Crippen LogP) is 1.87. The Labute approximate surface area is 93.5 Å². The van der Waals surface area contributed by atoms with Crippen LogP contribution in [0.25, 0.3) is 0 Å². The molecular formula is C12H14FNO2. The van der Waals surface area contributed by atoms with Gasteiger partial charge < -0.3 is 5.11 Å². The first-order chi connectivity index (χ1) is 7.68. The van der Waals surface area contributed by atoms with Crippen molar-refractivity contribution in [3.8, 4) is 0 Å². The van der Waals surface area contributed by atoms with E-state index < -0.39 is 12.0 Å². The summed E-state index contributed by atoms with van der Waals surface area (Å²) in [5, 5.41) is 9.00. The van der Waals surface area contributed by atoms with Crippen LogP contribution in [0.1, 0.15) is 18.4 Å². The third-order valence-electron chi connectivity index (χ3n) is 2.98. The molecule has 1 N–H and O–H groups in total. The summed E-state index contributed by atoms with van der Waals surface area (Å²) in [4.78, 5) is 12.8. The molecule has 86 valence electrons. The van der Waals surface area contributed by atoms with Crippen LogP contribution in [0.3, 0.4) is 0 Å². The molecule has 4 heteroatoms. The van der Waals surface area contributed by atoms with E-state index in [0.29, 0.717) is 18.5 Å². The van der Waals surface area contributed by atoms with Crippen molar-refractivity contribution in [2.24, 2.45) is 0 Å². The molecule has 0 saturated carbocycles. The van der Waals surface area contributed by atoms with Crippen molar-refractivity contribution in [3.63, 3.8) is 0 Å². The first kappa shape index (κ1) is 11.1. The summed E-state index contributed by atoms with van der Waals surface area (Å²) in [6, 6.07) is 6.05. The van der Waals surface area contributed by atoms with E-state index in [9.17, 15) is 9.18 Å². The van der Waals surface area contributed by atoms with Gasteiger partial charge in [0.05, 0.1) is 0 Å². The number of hydrogen-bond acceptors (Lipinski definition) is 2. The van der Waals surface area contributed by atoms with Gasteiger partial charge in [0.25, 0.3) is 0 Å². The summed E-state index contributed by atoms with van der Waals surface area (Å²) >= 11 is 0. The van der Waals surface area contributed by atoms with Gasteiger partial charge in [-0.25, -0.2) is 4.39 Å². The minimum absolute atomic E-state index is 0.265. The largest absolute Gasteiger partial charge is 0.480 e. The molecule has 1 aliphatic heterocycles. The van der Waals surface area contributed by atoms with Gasteiger partial charge in [-0.3, -0.25) is 9.69 Å². The van der Waals surface area contributed by atoms with Crippen LogP contribution >= 0.6 is 0 Å². The van der Waals surface area contributed by atoms with Crippen molar-refractivity contribution in [1.82, 2.24) is 4.90 Å². The molecule has 0 bridgehead atoms. The van der Waals surface area contributed by atoms with Crippen molar-refractivity contribution in [2.75, 3.05) is 6.54 Å². The monoisotopic (exact) mass is 223 g/mol. The molecule has 1 aromatic carbocycles. The fourth-order valence-electron chi connectivity index (χ4n) is 2.14. The van der Waals surface area contributed by atoms with E-state index >= 15 is 0 Å². The number of carboxylic acid groups (broad SMARTS) is 1. The SMILES string of the molecule is O=C(O)[C@@H]1CCCN1Cc1ccccc1F. The van der Waals surface area contributed by atoms with Gasteiger partial charge in [0, 0.05) is 12.1 Å². The molecule has 0 unspecified atom stereocenters. The van der Waals surface area contributed by atoms with Gasteiger partial charge in [0.1, 0.15) is 11.9 Å². The lowest BCUT2D eigenvalue weighted by molar-refractivity contribution is -0.142. The highest BCUT2D eigenvalue weighted by Gasteiger charge is 2.30. The highest BCUT2D eigenvalue weighted by atomic mass is 19.1. The molecule has 3 nitrogen and oxygen atoms in total. The Bertz CT molecular complexity index is 394. The van der Waals surface area contributed by atoms with E-state index in [1.807, 2.05) is 4.90 Å². The second kappa shape index (κ2) is 4.61. The van der Waals surface area contributed by atoms with Crippen LogP contribution in [-0.2, 0) is 11.3 Å². The van der Waals surface area contributed by atoms with Gasteiger partial charge in [-0.15, -0.1) is 0 Å². The molecule has 1 atom stereocenters. The Hall–Kier alpha value is -1.42. The van der Waals surface area contributed by atoms with Crippen LogP contribution in [-0.4, -0.2) is 28.6 Å². The normalized spacial score (nSPS) is 21.2. The minimum Gasteiger partial charge on any atom is -0.480 e. The van der Waals surface area contributed by atoms with Gasteiger partial charge in [0.15, 0.2) is 0 Å². The number of carbonyl (C=O) groups is 1. The van der Waals surface area contributed by atoms with Crippen LogP contribution in [0.5, 0.6) is 0 Å². The average Bonchev–Trinajstić information content (AvgIpc) is 2.69. The highest BCUT2D eigenvalue weighted by Crippen LogP contribution is 2.21. The molecule has 1 aliphatic rings. The standard InChI is InChI=1S/C12H14FNO2/c13-10-5-2-1-4-9(10)8-14-7-3-6-11(14)12(15)16/h1-2,4-5,11H,3,6-8H2,(H,15,16)/t11-/m0/s1. The maximum absolute atomic E-state index is 13.4. The first-order valence-electron chi connectivity index (χ1n) is 5.39. The topological polar surface area (TPSA) is 40.5 Å². The summed E-state index contributed by atoms with van der Waals surface area (Å²) in [5.74, 6) is -1.08. The second-order valence-electron chi connectivity index (χ2n) is 4.06. The Morgan fingerprint density at radius 3 is 2.94 bits per heavy atom. The van der Waals surface area contributed by atoms with Gasteiger partial charge >= 0.3 is 5.97 Å². The number of nitrogens with zero attached hydrogens (tertiary/aromatic N) is 1. The zero-order valence-electron chi connectivity index (χ0n) is 8.90. The molecular weight excluding hydrogens is 209 g/mol. The van der Waals surface area contributed by atoms with E-state index in [4.69, 9.17) is 5.11 Å². The molecule has 0 aliphatic carbocycles. The predicted molar refractivity (Wildman–Crippen MR) is 57.5 cm³/mol. The molecule has 0 radical (unpaired) electrons. The lowest BCUT2D eigenvalue weighted by Gasteiger charge is -2.21. The summed E-state index contributed by atoms with van der Waals surface area (Å²) in [6.07, 6.45) is 1.52. The molecule has 1 heterocycles. The lowest BCUT2D eigenvalue weighted by atomic mass is 10.1. The number of halogens is 1. The van der Waals surface area contributed by atoms with Crippen LogP contribution in [0, 0.1) is 5.82 Å². The smallest absolute Gasteiger partial charge is 0.320 e. The maximum Gasteiger partial charge on any atom is 0.320 e. The molecule has 1 aromatic rings. The Morgan fingerprint density at radius 2 is 2.25 bits per heavy atom. The van der Waals surface area contributed by atoms with Gasteiger partial charge in [0.2, 0.25) is 0 Å². The molecule has 16 heavy (non-hydrogen) atoms. The molecule has 1 saturated heterocycles. The highest BCUT2D eigenvalue weighted by molar-refractivity contribution is 5.73. The van der Waals surface area contributed by atoms with Gasteiger partial charge in [-0.2, -0.15) is 0 Å². The number of aliphatic carboxylic acids is 1. The van der Waals surface area contributed by atoms with Crippen LogP contribution < -0.4 is 0 Å². The van der Waals surface area contributed by atoms with Crippen molar-refractivity contribution in [2.45, 2.75) is 25.4 Å². The third kappa shape index (κ3) is 2.22. The molecule has 1 fully saturated rings. The number of carboxylic acids is 1. The Morgan fingerprint density at radius 1 is 1.50 bits per heavy atom. The van der Waals surface area contributed by atoms with E-state index in [1.165, 1.54) is 6.07 Å². The Balaban J connectivity index is 2.10. The number of hydrogen-bond donors (Lipinski definition) is 1. The van der Waals surface area contributed by atoms with Crippen LogP contribution in [0.2, 0.25) is 0 Å². The zero-order valence-corrected chi connectivity index (χ0v) is 8.90. The van der Waals surface area contributed by atoms with E-state index in [1.54, 1.807) is 18.2 Å². The summed E-state index contributed by atoms with van der Waals surface area (Å²) in [7, 11) is 0. The molecule has 0 aromatic heterocycles. The lowest BCUT2D eigenvalue weighted by Crippen LogP contribution is -2.35. The third-order valence-corrected chi connectivity index (χ3v) is 2.98. The van der Waals surface area contributed by atoms with Crippen molar-refractivity contribution < 1.29 is 14.3 Å². The fraction of sp³-hybridized carbons (Fsp3) is 0.417. The van der Waals surface area contributed by atoms with Crippen molar-refractivity contribution in [1.29, 1.82) is 0 Å². The number of benzene rings is 1. The molecule has 0 spiro atoms. The average molecular weight is 223 g/mol. The van der Waals surface area contributed by atoms with Gasteiger partial charge in [-0.1, -0.05) is 18.2 Å². The van der Waals surface area contributed by atoms with Crippen LogP contribution in [0.15, 0.2) is 24.3 Å². The summed E-state index contributed by atoms with van der Waals surface area (Å²) in [6.45, 7) is 1.11. The fourth-order valence-corrected chi connectivity index (χ4v) is 2.14. The second-order valence-corrected chi connectivity index (χ2v) is 4.06. The maximum atomic E-state index is 13.4. The van der Waals surface area contributed by atoms with E-state index in [-0.39, 0.29) is 5.82 Å². The van der Waals surface area contributed by atoms with Crippen molar-refractivity contribution >= 4 is 5.97 Å². The van der Waals surface area contributed by atoms with E-state index in [0.717, 1.165) is 13.0 Å². The quantitative estimate of drug-likeness (QED) is 0.850. The number of rotatable bonds is 3. The van der Waals surface area contributed by atoms with Crippen molar-refractivity contribution in [3.05, 3.63) is 35.6 Å². The number of likely N-dealkylation sites (tertiary alicyclic amines) is 1. The van der Waals surface area contributed by atoms with Gasteiger partial charge in [-0.05, 0) is 25.5 Å². The van der Waals surface area contributed by atoms with E-state index in [2.05, 4.69) is 0 Å². The van der Waals surface area contributed by atoms with Crippen LogP contribution in [0.4, 0.5) is 4.39 Å². The Kier molecular flexibility index (Phi) is 3.19. The minimum atomic E-state index is -0.811. The molecule has 2 rings (SSSR count).